The van der Waals surface area contributed by atoms with E-state index in [-0.39, 0.29) is 12.4 Å². The lowest BCUT2D eigenvalue weighted by molar-refractivity contribution is 0.279. The number of aliphatic hydroxyl groups is 1. The van der Waals surface area contributed by atoms with Crippen LogP contribution in [0.1, 0.15) is 16.8 Å². The lowest BCUT2D eigenvalue weighted by atomic mass is 10.1. The number of hydrogen-bond donors (Lipinski definition) is 3. The molecule has 100 valence electrons. The number of anilines is 1. The van der Waals surface area contributed by atoms with Crippen LogP contribution in [-0.2, 0) is 13.2 Å². The molecule has 5 heteroatoms. The molecule has 0 aliphatic rings. The lowest BCUT2D eigenvalue weighted by Gasteiger charge is -2.13. The Morgan fingerprint density at radius 1 is 1.37 bits per heavy atom. The number of benzene rings is 1. The number of pyridine rings is 1. The van der Waals surface area contributed by atoms with Crippen molar-refractivity contribution in [2.45, 2.75) is 20.1 Å². The van der Waals surface area contributed by atoms with Crippen LogP contribution in [0.2, 0.25) is 0 Å². The predicted octanol–water partition coefficient (Wildman–Crippen LogP) is 2.80. The molecule has 0 fully saturated rings. The molecular formula is C14H15IN2O2. The number of aromatic hydroxyl groups is 1. The number of nitrogens with one attached hydrogen (secondary N) is 1. The molecule has 2 rings (SSSR count). The molecule has 1 aromatic heterocycles. The summed E-state index contributed by atoms with van der Waals surface area (Å²) in [5.41, 5.74) is 2.87. The van der Waals surface area contributed by atoms with E-state index in [4.69, 9.17) is 0 Å². The summed E-state index contributed by atoms with van der Waals surface area (Å²) in [5, 5.41) is 22.6. The number of halogens is 1. The summed E-state index contributed by atoms with van der Waals surface area (Å²) in [6, 6.07) is 7.96. The molecule has 2 aromatic rings. The number of aliphatic hydroxyl groups excluding tert-OH is 1. The third-order valence-corrected chi connectivity index (χ3v) is 3.57. The van der Waals surface area contributed by atoms with Crippen molar-refractivity contribution in [3.63, 3.8) is 0 Å². The third kappa shape index (κ3) is 3.36. The molecule has 1 aromatic carbocycles. The second-order valence-electron chi connectivity index (χ2n) is 4.22. The van der Waals surface area contributed by atoms with Gasteiger partial charge in [0.1, 0.15) is 5.75 Å². The average Bonchev–Trinajstić information content (AvgIpc) is 2.40. The highest BCUT2D eigenvalue weighted by Gasteiger charge is 2.11. The summed E-state index contributed by atoms with van der Waals surface area (Å²) in [4.78, 5) is 4.04. The van der Waals surface area contributed by atoms with Crippen LogP contribution in [0.25, 0.3) is 0 Å². The van der Waals surface area contributed by atoms with E-state index in [9.17, 15) is 10.2 Å². The van der Waals surface area contributed by atoms with Gasteiger partial charge in [-0.05, 0) is 47.7 Å². The molecule has 4 nitrogen and oxygen atoms in total. The Kier molecular flexibility index (Phi) is 4.60. The summed E-state index contributed by atoms with van der Waals surface area (Å²) in [5.74, 6) is 0.143. The van der Waals surface area contributed by atoms with Gasteiger partial charge in [0.15, 0.2) is 0 Å². The van der Waals surface area contributed by atoms with Gasteiger partial charge in [0.25, 0.3) is 0 Å². The van der Waals surface area contributed by atoms with Crippen molar-refractivity contribution in [3.05, 3.63) is 50.9 Å². The Labute approximate surface area is 125 Å². The van der Waals surface area contributed by atoms with Gasteiger partial charge < -0.3 is 15.5 Å². The zero-order valence-corrected chi connectivity index (χ0v) is 12.7. The molecule has 0 aliphatic carbocycles. The van der Waals surface area contributed by atoms with Gasteiger partial charge in [0, 0.05) is 33.1 Å². The van der Waals surface area contributed by atoms with E-state index in [0.717, 1.165) is 9.26 Å². The Balaban J connectivity index is 2.21. The molecular weight excluding hydrogens is 355 g/mol. The fourth-order valence-electron chi connectivity index (χ4n) is 1.81. The van der Waals surface area contributed by atoms with Crippen LogP contribution in [0.15, 0.2) is 30.5 Å². The highest BCUT2D eigenvalue weighted by Crippen LogP contribution is 2.25. The Hall–Kier alpha value is -1.34. The number of aryl methyl sites for hydroxylation is 1. The Bertz CT molecular complexity index is 588. The van der Waals surface area contributed by atoms with Crippen molar-refractivity contribution in [1.29, 1.82) is 0 Å². The molecule has 0 bridgehead atoms. The summed E-state index contributed by atoms with van der Waals surface area (Å²) in [6.07, 6.45) is 1.60. The predicted molar refractivity (Wildman–Crippen MR) is 83.0 cm³/mol. The van der Waals surface area contributed by atoms with Gasteiger partial charge in [0.05, 0.1) is 12.3 Å². The fourth-order valence-corrected chi connectivity index (χ4v) is 2.35. The summed E-state index contributed by atoms with van der Waals surface area (Å²) >= 11 is 2.25. The lowest BCUT2D eigenvalue weighted by Crippen LogP contribution is -2.05. The van der Waals surface area contributed by atoms with E-state index < -0.39 is 0 Å². The first-order chi connectivity index (χ1) is 9.11. The summed E-state index contributed by atoms with van der Waals surface area (Å²) in [6.45, 7) is 2.06. The minimum absolute atomic E-state index is 0.135. The van der Waals surface area contributed by atoms with Crippen molar-refractivity contribution in [3.8, 4) is 5.75 Å². The standard InChI is InChI=1S/C14H15IN2O2/c1-9-14(19)13(10(8-18)6-16-9)7-17-12-4-2-3-11(15)5-12/h2-6,17-19H,7-8H2,1H3. The van der Waals surface area contributed by atoms with Gasteiger partial charge in [-0.2, -0.15) is 0 Å². The molecule has 0 spiro atoms. The molecule has 0 unspecified atom stereocenters. The summed E-state index contributed by atoms with van der Waals surface area (Å²) in [7, 11) is 0. The molecule has 0 saturated heterocycles. The van der Waals surface area contributed by atoms with Crippen molar-refractivity contribution in [2.24, 2.45) is 0 Å². The molecule has 1 heterocycles. The van der Waals surface area contributed by atoms with Crippen molar-refractivity contribution in [2.75, 3.05) is 5.32 Å². The van der Waals surface area contributed by atoms with E-state index in [2.05, 4.69) is 32.9 Å². The van der Waals surface area contributed by atoms with Crippen molar-refractivity contribution >= 4 is 28.3 Å². The smallest absolute Gasteiger partial charge is 0.142 e. The maximum Gasteiger partial charge on any atom is 0.142 e. The summed E-state index contributed by atoms with van der Waals surface area (Å²) < 4.78 is 1.14. The van der Waals surface area contributed by atoms with E-state index >= 15 is 0 Å². The first-order valence-corrected chi connectivity index (χ1v) is 6.96. The van der Waals surface area contributed by atoms with Crippen molar-refractivity contribution in [1.82, 2.24) is 4.98 Å². The highest BCUT2D eigenvalue weighted by atomic mass is 127. The second-order valence-corrected chi connectivity index (χ2v) is 5.46. The number of aromatic nitrogens is 1. The molecule has 0 saturated carbocycles. The molecule has 0 amide bonds. The quantitative estimate of drug-likeness (QED) is 0.725. The van der Waals surface area contributed by atoms with E-state index in [1.807, 2.05) is 24.3 Å². The topological polar surface area (TPSA) is 65.4 Å². The highest BCUT2D eigenvalue weighted by molar-refractivity contribution is 14.1. The zero-order valence-electron chi connectivity index (χ0n) is 10.5. The Morgan fingerprint density at radius 3 is 2.84 bits per heavy atom. The SMILES string of the molecule is Cc1ncc(CO)c(CNc2cccc(I)c2)c1O. The molecule has 0 atom stereocenters. The van der Waals surface area contributed by atoms with Gasteiger partial charge in [-0.1, -0.05) is 6.07 Å². The first kappa shape index (κ1) is 14.1. The molecule has 0 aliphatic heterocycles. The maximum absolute atomic E-state index is 10.0. The minimum atomic E-state index is -0.135. The van der Waals surface area contributed by atoms with Gasteiger partial charge in [-0.15, -0.1) is 0 Å². The average molecular weight is 370 g/mol. The van der Waals surface area contributed by atoms with E-state index in [1.54, 1.807) is 13.1 Å². The first-order valence-electron chi connectivity index (χ1n) is 5.88. The van der Waals surface area contributed by atoms with Gasteiger partial charge >= 0.3 is 0 Å². The third-order valence-electron chi connectivity index (χ3n) is 2.89. The van der Waals surface area contributed by atoms with Crippen LogP contribution in [0, 0.1) is 10.5 Å². The normalized spacial score (nSPS) is 10.5. The van der Waals surface area contributed by atoms with Crippen LogP contribution in [-0.4, -0.2) is 15.2 Å². The van der Waals surface area contributed by atoms with E-state index in [1.165, 1.54) is 0 Å². The zero-order chi connectivity index (χ0) is 13.8. The van der Waals surface area contributed by atoms with Crippen LogP contribution < -0.4 is 5.32 Å². The second kappa shape index (κ2) is 6.21. The molecule has 0 radical (unpaired) electrons. The number of hydrogen-bond acceptors (Lipinski definition) is 4. The Morgan fingerprint density at radius 2 is 2.16 bits per heavy atom. The fraction of sp³-hybridized carbons (Fsp3) is 0.214. The monoisotopic (exact) mass is 370 g/mol. The van der Waals surface area contributed by atoms with Crippen molar-refractivity contribution < 1.29 is 10.2 Å². The molecule has 19 heavy (non-hydrogen) atoms. The van der Waals surface area contributed by atoms with Crippen LogP contribution in [0.4, 0.5) is 5.69 Å². The molecule has 3 N–H and O–H groups in total. The van der Waals surface area contributed by atoms with Gasteiger partial charge in [-0.3, -0.25) is 4.98 Å². The van der Waals surface area contributed by atoms with Gasteiger partial charge in [0.2, 0.25) is 0 Å². The number of rotatable bonds is 4. The van der Waals surface area contributed by atoms with E-state index in [0.29, 0.717) is 23.4 Å². The van der Waals surface area contributed by atoms with Crippen LogP contribution in [0.5, 0.6) is 5.75 Å². The van der Waals surface area contributed by atoms with Gasteiger partial charge in [-0.25, -0.2) is 0 Å². The maximum atomic E-state index is 10.0. The number of nitrogens with zero attached hydrogens (tertiary/aromatic N) is 1. The largest absolute Gasteiger partial charge is 0.506 e. The minimum Gasteiger partial charge on any atom is -0.506 e. The van der Waals surface area contributed by atoms with Crippen LogP contribution in [0.3, 0.4) is 0 Å². The van der Waals surface area contributed by atoms with Crippen LogP contribution >= 0.6 is 22.6 Å².